The fourth-order valence-electron chi connectivity index (χ4n) is 1.92. The summed E-state index contributed by atoms with van der Waals surface area (Å²) in [4.78, 5) is 9.67. The number of methoxy groups -OCH3 is 1. The van der Waals surface area contributed by atoms with Crippen molar-refractivity contribution in [2.24, 2.45) is 0 Å². The number of nitrogens with one attached hydrogen (secondary N) is 1. The lowest BCUT2D eigenvalue weighted by molar-refractivity contribution is -0.387. The number of hydrogen-bond acceptors (Lipinski definition) is 5. The first kappa shape index (κ1) is 16.7. The van der Waals surface area contributed by atoms with Crippen molar-refractivity contribution in [1.29, 1.82) is 0 Å². The zero-order valence-corrected chi connectivity index (χ0v) is 13.1. The fraction of sp³-hybridized carbons (Fsp3) is 0.143. The molecular formula is C14H13FN2O5S. The van der Waals surface area contributed by atoms with Gasteiger partial charge in [-0.15, -0.1) is 0 Å². The first-order chi connectivity index (χ1) is 10.7. The van der Waals surface area contributed by atoms with Gasteiger partial charge in [-0.2, -0.15) is 4.39 Å². The van der Waals surface area contributed by atoms with E-state index >= 15 is 0 Å². The van der Waals surface area contributed by atoms with E-state index in [4.69, 9.17) is 4.74 Å². The molecule has 0 aliphatic heterocycles. The summed E-state index contributed by atoms with van der Waals surface area (Å²) >= 11 is 0. The van der Waals surface area contributed by atoms with Gasteiger partial charge in [0, 0.05) is 6.07 Å². The Hall–Kier alpha value is -2.68. The highest BCUT2D eigenvalue weighted by Gasteiger charge is 2.22. The summed E-state index contributed by atoms with van der Waals surface area (Å²) in [5.74, 6) is -0.925. The molecule has 0 heterocycles. The zero-order valence-electron chi connectivity index (χ0n) is 12.2. The Morgan fingerprint density at radius 1 is 1.22 bits per heavy atom. The standard InChI is InChI=1S/C14H13FN2O5S/c1-9-3-6-13(22-2)14(7-9)23(20,21)16-10-4-5-11(15)12(8-10)17(18)19/h3-8,16H,1-2H3. The first-order valence-electron chi connectivity index (χ1n) is 6.36. The molecule has 0 unspecified atom stereocenters. The molecule has 0 aromatic heterocycles. The highest BCUT2D eigenvalue weighted by molar-refractivity contribution is 7.92. The molecule has 0 aliphatic rings. The Morgan fingerprint density at radius 3 is 2.52 bits per heavy atom. The Balaban J connectivity index is 2.45. The van der Waals surface area contributed by atoms with Crippen molar-refractivity contribution in [3.05, 3.63) is 57.9 Å². The van der Waals surface area contributed by atoms with E-state index in [2.05, 4.69) is 4.72 Å². The average molecular weight is 340 g/mol. The summed E-state index contributed by atoms with van der Waals surface area (Å²) in [6, 6.07) is 7.32. The molecule has 0 spiro atoms. The largest absolute Gasteiger partial charge is 0.495 e. The number of rotatable bonds is 5. The van der Waals surface area contributed by atoms with E-state index < -0.39 is 26.5 Å². The van der Waals surface area contributed by atoms with Gasteiger partial charge < -0.3 is 4.74 Å². The predicted octanol–water partition coefficient (Wildman–Crippen LogP) is 2.85. The van der Waals surface area contributed by atoms with Gasteiger partial charge in [-0.25, -0.2) is 8.42 Å². The van der Waals surface area contributed by atoms with E-state index in [1.807, 2.05) is 0 Å². The molecule has 2 rings (SSSR count). The molecule has 2 aromatic carbocycles. The van der Waals surface area contributed by atoms with Crippen molar-refractivity contribution >= 4 is 21.4 Å². The van der Waals surface area contributed by atoms with Crippen molar-refractivity contribution in [2.75, 3.05) is 11.8 Å². The molecule has 7 nitrogen and oxygen atoms in total. The number of sulfonamides is 1. The summed E-state index contributed by atoms with van der Waals surface area (Å²) in [5.41, 5.74) is -0.251. The van der Waals surface area contributed by atoms with Gasteiger partial charge in [0.25, 0.3) is 10.0 Å². The van der Waals surface area contributed by atoms with E-state index in [9.17, 15) is 22.9 Å². The average Bonchev–Trinajstić information content (AvgIpc) is 2.48. The second-order valence-corrected chi connectivity index (χ2v) is 6.33. The number of halogens is 1. The van der Waals surface area contributed by atoms with E-state index in [-0.39, 0.29) is 16.3 Å². The Labute approximate surface area is 131 Å². The number of anilines is 1. The van der Waals surface area contributed by atoms with Crippen LogP contribution in [0.15, 0.2) is 41.3 Å². The van der Waals surface area contributed by atoms with Crippen LogP contribution in [0.3, 0.4) is 0 Å². The molecule has 0 bridgehead atoms. The molecule has 0 aliphatic carbocycles. The topological polar surface area (TPSA) is 98.5 Å². The van der Waals surface area contributed by atoms with E-state index in [0.29, 0.717) is 5.56 Å². The summed E-state index contributed by atoms with van der Waals surface area (Å²) in [5, 5.41) is 10.7. The molecule has 1 N–H and O–H groups in total. The molecule has 122 valence electrons. The van der Waals surface area contributed by atoms with Crippen LogP contribution in [0.25, 0.3) is 0 Å². The quantitative estimate of drug-likeness (QED) is 0.666. The number of aryl methyl sites for hydroxylation is 1. The predicted molar refractivity (Wildman–Crippen MR) is 81.6 cm³/mol. The number of nitro groups is 1. The van der Waals surface area contributed by atoms with Crippen molar-refractivity contribution in [1.82, 2.24) is 0 Å². The maximum Gasteiger partial charge on any atom is 0.306 e. The Morgan fingerprint density at radius 2 is 1.91 bits per heavy atom. The van der Waals surface area contributed by atoms with Crippen molar-refractivity contribution in [3.63, 3.8) is 0 Å². The molecule has 0 atom stereocenters. The van der Waals surface area contributed by atoms with Crippen LogP contribution >= 0.6 is 0 Å². The third kappa shape index (κ3) is 3.57. The molecule has 0 radical (unpaired) electrons. The third-order valence-electron chi connectivity index (χ3n) is 3.00. The lowest BCUT2D eigenvalue weighted by atomic mass is 10.2. The SMILES string of the molecule is COc1ccc(C)cc1S(=O)(=O)Nc1ccc(F)c([N+](=O)[O-])c1. The molecular weight excluding hydrogens is 327 g/mol. The number of benzene rings is 2. The minimum absolute atomic E-state index is 0.119. The molecule has 2 aromatic rings. The molecule has 23 heavy (non-hydrogen) atoms. The summed E-state index contributed by atoms with van der Waals surface area (Å²) in [7, 11) is -2.73. The van der Waals surface area contributed by atoms with Crippen LogP contribution in [-0.2, 0) is 10.0 Å². The van der Waals surface area contributed by atoms with Crippen LogP contribution < -0.4 is 9.46 Å². The van der Waals surface area contributed by atoms with E-state index in [1.165, 1.54) is 19.2 Å². The van der Waals surface area contributed by atoms with Gasteiger partial charge in [0.05, 0.1) is 17.7 Å². The summed E-state index contributed by atoms with van der Waals surface area (Å²) < 4.78 is 45.4. The van der Waals surface area contributed by atoms with Crippen LogP contribution in [0.1, 0.15) is 5.56 Å². The normalized spacial score (nSPS) is 11.1. The van der Waals surface area contributed by atoms with Crippen LogP contribution in [0.4, 0.5) is 15.8 Å². The van der Waals surface area contributed by atoms with Gasteiger partial charge >= 0.3 is 5.69 Å². The van der Waals surface area contributed by atoms with E-state index in [0.717, 1.165) is 18.2 Å². The highest BCUT2D eigenvalue weighted by atomic mass is 32.2. The molecule has 9 heteroatoms. The van der Waals surface area contributed by atoms with Gasteiger partial charge in [0.2, 0.25) is 5.82 Å². The minimum Gasteiger partial charge on any atom is -0.495 e. The second kappa shape index (κ2) is 6.21. The third-order valence-corrected chi connectivity index (χ3v) is 4.41. The van der Waals surface area contributed by atoms with Crippen LogP contribution in [-0.4, -0.2) is 20.5 Å². The molecule has 0 saturated carbocycles. The Bertz CT molecular complexity index is 867. The minimum atomic E-state index is -4.05. The van der Waals surface area contributed by atoms with Crippen molar-refractivity contribution < 1.29 is 22.5 Å². The highest BCUT2D eigenvalue weighted by Crippen LogP contribution is 2.28. The summed E-state index contributed by atoms with van der Waals surface area (Å²) in [6.45, 7) is 1.71. The zero-order chi connectivity index (χ0) is 17.2. The van der Waals surface area contributed by atoms with Crippen LogP contribution in [0.5, 0.6) is 5.75 Å². The lowest BCUT2D eigenvalue weighted by Crippen LogP contribution is -2.14. The van der Waals surface area contributed by atoms with Gasteiger partial charge in [-0.3, -0.25) is 14.8 Å². The van der Waals surface area contributed by atoms with Crippen LogP contribution in [0.2, 0.25) is 0 Å². The summed E-state index contributed by atoms with van der Waals surface area (Å²) in [6.07, 6.45) is 0. The maximum atomic E-state index is 13.3. The van der Waals surface area contributed by atoms with Crippen LogP contribution in [0, 0.1) is 22.9 Å². The second-order valence-electron chi connectivity index (χ2n) is 4.68. The van der Waals surface area contributed by atoms with Gasteiger partial charge in [-0.1, -0.05) is 6.07 Å². The number of ether oxygens (including phenoxy) is 1. The molecule has 0 fully saturated rings. The number of hydrogen-bond donors (Lipinski definition) is 1. The lowest BCUT2D eigenvalue weighted by Gasteiger charge is -2.12. The fourth-order valence-corrected chi connectivity index (χ4v) is 3.22. The molecule has 0 saturated heterocycles. The Kier molecular flexibility index (Phi) is 4.50. The maximum absolute atomic E-state index is 13.3. The van der Waals surface area contributed by atoms with Crippen molar-refractivity contribution in [3.8, 4) is 5.75 Å². The van der Waals surface area contributed by atoms with Crippen molar-refractivity contribution in [2.45, 2.75) is 11.8 Å². The van der Waals surface area contributed by atoms with Gasteiger partial charge in [0.15, 0.2) is 0 Å². The molecule has 0 amide bonds. The smallest absolute Gasteiger partial charge is 0.306 e. The van der Waals surface area contributed by atoms with Gasteiger partial charge in [-0.05, 0) is 36.8 Å². The first-order valence-corrected chi connectivity index (χ1v) is 7.84. The van der Waals surface area contributed by atoms with Gasteiger partial charge in [0.1, 0.15) is 10.6 Å². The number of nitrogens with zero attached hydrogens (tertiary/aromatic N) is 1. The monoisotopic (exact) mass is 340 g/mol. The number of nitro benzene ring substituents is 1. The van der Waals surface area contributed by atoms with E-state index in [1.54, 1.807) is 13.0 Å².